The number of halogens is 2. The maximum atomic E-state index is 12.9. The van der Waals surface area contributed by atoms with Crippen LogP contribution in [-0.2, 0) is 4.79 Å². The largest absolute Gasteiger partial charge is 0.326 e. The maximum Gasteiger partial charge on any atom is 0.224 e. The zero-order valence-electron chi connectivity index (χ0n) is 10.0. The zero-order chi connectivity index (χ0) is 13.0. The number of hydrogen-bond donors (Lipinski definition) is 2. The molecule has 1 fully saturated rings. The summed E-state index contributed by atoms with van der Waals surface area (Å²) >= 11 is 0. The van der Waals surface area contributed by atoms with Crippen molar-refractivity contribution in [2.24, 2.45) is 0 Å². The van der Waals surface area contributed by atoms with E-state index in [9.17, 15) is 13.6 Å². The topological polar surface area (TPSA) is 41.1 Å². The second-order valence-corrected chi connectivity index (χ2v) is 4.54. The van der Waals surface area contributed by atoms with Crippen molar-refractivity contribution in [3.8, 4) is 0 Å². The van der Waals surface area contributed by atoms with E-state index in [0.29, 0.717) is 12.5 Å². The van der Waals surface area contributed by atoms with E-state index in [2.05, 4.69) is 10.6 Å². The van der Waals surface area contributed by atoms with Crippen LogP contribution in [0, 0.1) is 11.6 Å². The Bertz CT molecular complexity index is 411. The van der Waals surface area contributed by atoms with Gasteiger partial charge in [-0.1, -0.05) is 0 Å². The smallest absolute Gasteiger partial charge is 0.224 e. The van der Waals surface area contributed by atoms with E-state index in [-0.39, 0.29) is 11.6 Å². The van der Waals surface area contributed by atoms with Crippen LogP contribution in [0.2, 0.25) is 0 Å². The minimum Gasteiger partial charge on any atom is -0.326 e. The van der Waals surface area contributed by atoms with Gasteiger partial charge in [0.2, 0.25) is 5.91 Å². The standard InChI is InChI=1S/C13H16F2N2O/c14-9-6-10(15)8-12(7-9)17-13(18)4-3-11-2-1-5-16-11/h6-8,11,16H,1-5H2,(H,17,18). The summed E-state index contributed by atoms with van der Waals surface area (Å²) in [5, 5.41) is 5.79. The minimum absolute atomic E-state index is 0.164. The molecule has 1 heterocycles. The lowest BCUT2D eigenvalue weighted by Gasteiger charge is -2.10. The molecule has 1 unspecified atom stereocenters. The van der Waals surface area contributed by atoms with Gasteiger partial charge in [-0.15, -0.1) is 0 Å². The normalized spacial score (nSPS) is 18.9. The van der Waals surface area contributed by atoms with Gasteiger partial charge >= 0.3 is 0 Å². The van der Waals surface area contributed by atoms with Crippen molar-refractivity contribution in [3.63, 3.8) is 0 Å². The van der Waals surface area contributed by atoms with E-state index in [1.54, 1.807) is 0 Å². The molecule has 1 aliphatic heterocycles. The van der Waals surface area contributed by atoms with Gasteiger partial charge < -0.3 is 10.6 Å². The van der Waals surface area contributed by atoms with Gasteiger partial charge in [-0.25, -0.2) is 8.78 Å². The number of anilines is 1. The summed E-state index contributed by atoms with van der Waals surface area (Å²) in [5.74, 6) is -1.60. The van der Waals surface area contributed by atoms with E-state index in [4.69, 9.17) is 0 Å². The van der Waals surface area contributed by atoms with Crippen LogP contribution in [-0.4, -0.2) is 18.5 Å². The van der Waals surface area contributed by atoms with Gasteiger partial charge in [0.25, 0.3) is 0 Å². The predicted molar refractivity (Wildman–Crippen MR) is 65.2 cm³/mol. The molecule has 0 spiro atoms. The lowest BCUT2D eigenvalue weighted by molar-refractivity contribution is -0.116. The minimum atomic E-state index is -0.692. The lowest BCUT2D eigenvalue weighted by atomic mass is 10.1. The molecule has 0 saturated carbocycles. The number of rotatable bonds is 4. The number of amides is 1. The van der Waals surface area contributed by atoms with Crippen molar-refractivity contribution in [1.82, 2.24) is 5.32 Å². The molecule has 2 rings (SSSR count). The molecule has 1 saturated heterocycles. The summed E-state index contributed by atoms with van der Waals surface area (Å²) < 4.78 is 25.8. The van der Waals surface area contributed by atoms with Crippen LogP contribution >= 0.6 is 0 Å². The van der Waals surface area contributed by atoms with Gasteiger partial charge in [-0.05, 0) is 37.9 Å². The molecule has 98 valence electrons. The zero-order valence-corrected chi connectivity index (χ0v) is 10.0. The highest BCUT2D eigenvalue weighted by atomic mass is 19.1. The monoisotopic (exact) mass is 254 g/mol. The molecule has 2 N–H and O–H groups in total. The molecule has 1 aromatic carbocycles. The first kappa shape index (κ1) is 13.0. The summed E-state index contributed by atoms with van der Waals surface area (Å²) in [5.41, 5.74) is 0.164. The van der Waals surface area contributed by atoms with Gasteiger partial charge in [0.05, 0.1) is 0 Å². The number of hydrogen-bond acceptors (Lipinski definition) is 2. The Balaban J connectivity index is 1.82. The molecule has 18 heavy (non-hydrogen) atoms. The van der Waals surface area contributed by atoms with Crippen molar-refractivity contribution in [1.29, 1.82) is 0 Å². The average molecular weight is 254 g/mol. The summed E-state index contributed by atoms with van der Waals surface area (Å²) in [6.07, 6.45) is 3.34. The molecule has 1 amide bonds. The van der Waals surface area contributed by atoms with Crippen LogP contribution in [0.4, 0.5) is 14.5 Å². The van der Waals surface area contributed by atoms with E-state index in [0.717, 1.165) is 44.0 Å². The highest BCUT2D eigenvalue weighted by Gasteiger charge is 2.15. The second-order valence-electron chi connectivity index (χ2n) is 4.54. The molecule has 0 aliphatic carbocycles. The Morgan fingerprint density at radius 3 is 2.67 bits per heavy atom. The fourth-order valence-corrected chi connectivity index (χ4v) is 2.16. The van der Waals surface area contributed by atoms with Crippen molar-refractivity contribution < 1.29 is 13.6 Å². The summed E-state index contributed by atoms with van der Waals surface area (Å²) in [6.45, 7) is 1.00. The SMILES string of the molecule is O=C(CCC1CCCN1)Nc1cc(F)cc(F)c1. The molecule has 0 aromatic heterocycles. The molecule has 0 bridgehead atoms. The van der Waals surface area contributed by atoms with Crippen molar-refractivity contribution in [3.05, 3.63) is 29.8 Å². The molecular weight excluding hydrogens is 238 g/mol. The number of carbonyl (C=O) groups excluding carboxylic acids is 1. The molecule has 1 atom stereocenters. The lowest BCUT2D eigenvalue weighted by Crippen LogP contribution is -2.23. The van der Waals surface area contributed by atoms with E-state index in [1.165, 1.54) is 0 Å². The summed E-state index contributed by atoms with van der Waals surface area (Å²) in [4.78, 5) is 11.6. The van der Waals surface area contributed by atoms with Crippen molar-refractivity contribution in [2.45, 2.75) is 31.7 Å². The highest BCUT2D eigenvalue weighted by molar-refractivity contribution is 5.90. The molecule has 0 radical (unpaired) electrons. The van der Waals surface area contributed by atoms with Crippen LogP contribution in [0.1, 0.15) is 25.7 Å². The van der Waals surface area contributed by atoms with E-state index < -0.39 is 11.6 Å². The quantitative estimate of drug-likeness (QED) is 0.866. The van der Waals surface area contributed by atoms with Gasteiger partial charge in [0, 0.05) is 24.2 Å². The Morgan fingerprint density at radius 1 is 1.33 bits per heavy atom. The maximum absolute atomic E-state index is 12.9. The number of nitrogens with one attached hydrogen (secondary N) is 2. The van der Waals surface area contributed by atoms with Gasteiger partial charge in [0.1, 0.15) is 11.6 Å². The summed E-state index contributed by atoms with van der Waals surface area (Å²) in [6, 6.07) is 3.38. The third kappa shape index (κ3) is 3.77. The fraction of sp³-hybridized carbons (Fsp3) is 0.462. The first-order valence-electron chi connectivity index (χ1n) is 6.13. The predicted octanol–water partition coefficient (Wildman–Crippen LogP) is 2.44. The molecule has 3 nitrogen and oxygen atoms in total. The first-order valence-corrected chi connectivity index (χ1v) is 6.13. The second kappa shape index (κ2) is 5.91. The van der Waals surface area contributed by atoms with Crippen LogP contribution in [0.15, 0.2) is 18.2 Å². The Kier molecular flexibility index (Phi) is 4.25. The Morgan fingerprint density at radius 2 is 2.06 bits per heavy atom. The third-order valence-electron chi connectivity index (χ3n) is 3.03. The van der Waals surface area contributed by atoms with E-state index >= 15 is 0 Å². The van der Waals surface area contributed by atoms with E-state index in [1.807, 2.05) is 0 Å². The molecular formula is C13H16F2N2O. The molecule has 1 aromatic rings. The number of benzene rings is 1. The average Bonchev–Trinajstić information content (AvgIpc) is 2.77. The van der Waals surface area contributed by atoms with Gasteiger partial charge in [-0.3, -0.25) is 4.79 Å². The third-order valence-corrected chi connectivity index (χ3v) is 3.03. The summed E-state index contributed by atoms with van der Waals surface area (Å²) in [7, 11) is 0. The van der Waals surface area contributed by atoms with Gasteiger partial charge in [0.15, 0.2) is 0 Å². The first-order chi connectivity index (χ1) is 8.63. The van der Waals surface area contributed by atoms with Gasteiger partial charge in [-0.2, -0.15) is 0 Å². The van der Waals surface area contributed by atoms with Crippen molar-refractivity contribution in [2.75, 3.05) is 11.9 Å². The van der Waals surface area contributed by atoms with Crippen LogP contribution in [0.5, 0.6) is 0 Å². The Labute approximate surface area is 105 Å². The van der Waals surface area contributed by atoms with Crippen LogP contribution in [0.25, 0.3) is 0 Å². The van der Waals surface area contributed by atoms with Crippen LogP contribution < -0.4 is 10.6 Å². The Hall–Kier alpha value is -1.49. The fourth-order valence-electron chi connectivity index (χ4n) is 2.16. The highest BCUT2D eigenvalue weighted by Crippen LogP contribution is 2.15. The molecule has 1 aliphatic rings. The number of carbonyl (C=O) groups is 1. The molecule has 5 heteroatoms. The van der Waals surface area contributed by atoms with Crippen LogP contribution in [0.3, 0.4) is 0 Å². The van der Waals surface area contributed by atoms with Crippen molar-refractivity contribution >= 4 is 11.6 Å².